The van der Waals surface area contributed by atoms with Gasteiger partial charge in [-0.05, 0) is 6.42 Å². The van der Waals surface area contributed by atoms with Crippen molar-refractivity contribution in [3.05, 3.63) is 0 Å². The summed E-state index contributed by atoms with van der Waals surface area (Å²) in [6.07, 6.45) is 0.831. The van der Waals surface area contributed by atoms with Gasteiger partial charge in [-0.3, -0.25) is 9.59 Å². The number of nitrogens with zero attached hydrogens (tertiary/aromatic N) is 1. The van der Waals surface area contributed by atoms with Gasteiger partial charge in [-0.1, -0.05) is 20.8 Å². The molecule has 0 aromatic heterocycles. The lowest BCUT2D eigenvalue weighted by molar-refractivity contribution is -0.128. The highest BCUT2D eigenvalue weighted by atomic mass is 16.2. The Balaban J connectivity index is 0. The van der Waals surface area contributed by atoms with Crippen LogP contribution in [0.5, 0.6) is 0 Å². The van der Waals surface area contributed by atoms with E-state index in [1.807, 2.05) is 20.8 Å². The lowest BCUT2D eigenvalue weighted by atomic mass is 10.2. The van der Waals surface area contributed by atoms with Gasteiger partial charge in [0.05, 0.1) is 0 Å². The third-order valence-corrected chi connectivity index (χ3v) is 1.93. The highest BCUT2D eigenvalue weighted by molar-refractivity contribution is 5.74. The maximum absolute atomic E-state index is 10.9. The fraction of sp³-hybridized carbons (Fsp3) is 0.818. The van der Waals surface area contributed by atoms with Crippen molar-refractivity contribution in [2.45, 2.75) is 47.1 Å². The van der Waals surface area contributed by atoms with Crippen molar-refractivity contribution in [2.24, 2.45) is 0 Å². The number of carbonyl (C=O) groups excluding carboxylic acids is 2. The zero-order chi connectivity index (χ0) is 12.4. The van der Waals surface area contributed by atoms with Gasteiger partial charge in [0, 0.05) is 33.5 Å². The van der Waals surface area contributed by atoms with E-state index in [2.05, 4.69) is 5.32 Å². The van der Waals surface area contributed by atoms with Crippen LogP contribution in [-0.2, 0) is 9.59 Å². The van der Waals surface area contributed by atoms with E-state index in [9.17, 15) is 9.59 Å². The largest absolute Gasteiger partial charge is 0.352 e. The van der Waals surface area contributed by atoms with E-state index in [1.165, 1.54) is 13.8 Å². The van der Waals surface area contributed by atoms with Crippen LogP contribution < -0.4 is 5.32 Å². The van der Waals surface area contributed by atoms with Gasteiger partial charge in [0.15, 0.2) is 0 Å². The lowest BCUT2D eigenvalue weighted by Gasteiger charge is -2.22. The third-order valence-electron chi connectivity index (χ3n) is 1.93. The van der Waals surface area contributed by atoms with Gasteiger partial charge in [-0.15, -0.1) is 0 Å². The molecule has 1 atom stereocenters. The molecule has 90 valence electrons. The van der Waals surface area contributed by atoms with E-state index in [1.54, 1.807) is 11.9 Å². The number of hydrogen-bond acceptors (Lipinski definition) is 2. The summed E-state index contributed by atoms with van der Waals surface area (Å²) < 4.78 is 0. The summed E-state index contributed by atoms with van der Waals surface area (Å²) >= 11 is 0. The van der Waals surface area contributed by atoms with Gasteiger partial charge in [-0.25, -0.2) is 0 Å². The van der Waals surface area contributed by atoms with Crippen LogP contribution in [0.1, 0.15) is 41.0 Å². The molecule has 0 aromatic carbocycles. The molecule has 0 aliphatic carbocycles. The molecular weight excluding hydrogens is 192 g/mol. The van der Waals surface area contributed by atoms with Gasteiger partial charge in [-0.2, -0.15) is 0 Å². The van der Waals surface area contributed by atoms with Crippen molar-refractivity contribution in [2.75, 3.05) is 13.6 Å². The second-order valence-electron chi connectivity index (χ2n) is 3.21. The van der Waals surface area contributed by atoms with Crippen LogP contribution in [0.25, 0.3) is 0 Å². The molecule has 2 amide bonds. The van der Waals surface area contributed by atoms with Gasteiger partial charge < -0.3 is 10.2 Å². The summed E-state index contributed by atoms with van der Waals surface area (Å²) in [5.74, 6) is -0.0346. The average molecular weight is 216 g/mol. The third kappa shape index (κ3) is 9.25. The van der Waals surface area contributed by atoms with Crippen LogP contribution in [0, 0.1) is 0 Å². The monoisotopic (exact) mass is 216 g/mol. The Morgan fingerprint density at radius 3 is 2.00 bits per heavy atom. The normalized spacial score (nSPS) is 10.8. The predicted octanol–water partition coefficient (Wildman–Crippen LogP) is 1.41. The first kappa shape index (κ1) is 16.4. The fourth-order valence-electron chi connectivity index (χ4n) is 1.02. The standard InChI is InChI=1S/C9H18N2O2.C2H6/c1-5-9(10-7(2)12)6-11(4)8(3)13;1-2/h9H,5-6H2,1-4H3,(H,10,12);1-2H3. The molecule has 4 heteroatoms. The number of hydrogen-bond donors (Lipinski definition) is 1. The predicted molar refractivity (Wildman–Crippen MR) is 62.6 cm³/mol. The molecule has 1 N–H and O–H groups in total. The van der Waals surface area contributed by atoms with E-state index < -0.39 is 0 Å². The molecule has 0 radical (unpaired) electrons. The van der Waals surface area contributed by atoms with Crippen LogP contribution in [-0.4, -0.2) is 36.3 Å². The summed E-state index contributed by atoms with van der Waals surface area (Å²) in [6.45, 7) is 9.55. The summed E-state index contributed by atoms with van der Waals surface area (Å²) in [4.78, 5) is 23.2. The zero-order valence-corrected chi connectivity index (χ0v) is 10.8. The topological polar surface area (TPSA) is 49.4 Å². The Morgan fingerprint density at radius 1 is 1.27 bits per heavy atom. The Bertz CT molecular complexity index is 193. The van der Waals surface area contributed by atoms with Crippen LogP contribution in [0.3, 0.4) is 0 Å². The molecule has 0 saturated heterocycles. The Labute approximate surface area is 93.0 Å². The minimum atomic E-state index is -0.0520. The van der Waals surface area contributed by atoms with E-state index >= 15 is 0 Å². The highest BCUT2D eigenvalue weighted by Gasteiger charge is 2.11. The van der Waals surface area contributed by atoms with Crippen molar-refractivity contribution < 1.29 is 9.59 Å². The van der Waals surface area contributed by atoms with Crippen LogP contribution in [0.2, 0.25) is 0 Å². The Kier molecular flexibility index (Phi) is 10.4. The van der Waals surface area contributed by atoms with Gasteiger partial charge in [0.1, 0.15) is 0 Å². The molecule has 4 nitrogen and oxygen atoms in total. The smallest absolute Gasteiger partial charge is 0.219 e. The average Bonchev–Trinajstić information content (AvgIpc) is 2.18. The molecule has 0 fully saturated rings. The molecule has 0 rings (SSSR count). The quantitative estimate of drug-likeness (QED) is 0.772. The first-order chi connectivity index (χ1) is 6.97. The SMILES string of the molecule is CC.CCC(CN(C)C(C)=O)NC(C)=O. The second-order valence-corrected chi connectivity index (χ2v) is 3.21. The molecule has 1 unspecified atom stereocenters. The minimum Gasteiger partial charge on any atom is -0.352 e. The van der Waals surface area contributed by atoms with Gasteiger partial charge in [0.2, 0.25) is 11.8 Å². The van der Waals surface area contributed by atoms with E-state index in [0.29, 0.717) is 6.54 Å². The molecule has 0 saturated carbocycles. The molecule has 0 aliphatic rings. The Morgan fingerprint density at radius 2 is 1.73 bits per heavy atom. The molecule has 0 aromatic rings. The fourth-order valence-corrected chi connectivity index (χ4v) is 1.02. The van der Waals surface area contributed by atoms with Gasteiger partial charge >= 0.3 is 0 Å². The first-order valence-electron chi connectivity index (χ1n) is 5.46. The lowest BCUT2D eigenvalue weighted by Crippen LogP contribution is -2.42. The van der Waals surface area contributed by atoms with Crippen molar-refractivity contribution in [3.63, 3.8) is 0 Å². The number of likely N-dealkylation sites (N-methyl/N-ethyl adjacent to an activating group) is 1. The molecule has 0 bridgehead atoms. The number of rotatable bonds is 4. The summed E-state index contributed by atoms with van der Waals surface area (Å²) in [7, 11) is 1.73. The highest BCUT2D eigenvalue weighted by Crippen LogP contribution is 1.94. The molecule has 15 heavy (non-hydrogen) atoms. The molecule has 0 spiro atoms. The van der Waals surface area contributed by atoms with Crippen molar-refractivity contribution >= 4 is 11.8 Å². The molecule has 0 aliphatic heterocycles. The van der Waals surface area contributed by atoms with Crippen molar-refractivity contribution in [3.8, 4) is 0 Å². The van der Waals surface area contributed by atoms with Crippen molar-refractivity contribution in [1.29, 1.82) is 0 Å². The number of carbonyl (C=O) groups is 2. The van der Waals surface area contributed by atoms with Crippen LogP contribution in [0.15, 0.2) is 0 Å². The maximum Gasteiger partial charge on any atom is 0.219 e. The Hall–Kier alpha value is -1.06. The van der Waals surface area contributed by atoms with E-state index in [0.717, 1.165) is 6.42 Å². The number of amides is 2. The summed E-state index contributed by atoms with van der Waals surface area (Å²) in [5.41, 5.74) is 0. The molecule has 0 heterocycles. The van der Waals surface area contributed by atoms with E-state index in [4.69, 9.17) is 0 Å². The second kappa shape index (κ2) is 9.49. The summed E-state index contributed by atoms with van der Waals surface area (Å²) in [5, 5.41) is 2.78. The molecular formula is C11H24N2O2. The number of nitrogens with one attached hydrogen (secondary N) is 1. The maximum atomic E-state index is 10.9. The minimum absolute atomic E-state index is 0.0174. The van der Waals surface area contributed by atoms with Crippen LogP contribution >= 0.6 is 0 Å². The van der Waals surface area contributed by atoms with E-state index in [-0.39, 0.29) is 17.9 Å². The van der Waals surface area contributed by atoms with Crippen molar-refractivity contribution in [1.82, 2.24) is 10.2 Å². The van der Waals surface area contributed by atoms with Crippen LogP contribution in [0.4, 0.5) is 0 Å². The summed E-state index contributed by atoms with van der Waals surface area (Å²) in [6, 6.07) is 0.0615. The first-order valence-corrected chi connectivity index (χ1v) is 5.46. The van der Waals surface area contributed by atoms with Gasteiger partial charge in [0.25, 0.3) is 0 Å². The zero-order valence-electron chi connectivity index (χ0n) is 10.8.